The number of hydrogen-bond acceptors (Lipinski definition) is 4. The van der Waals surface area contributed by atoms with Crippen molar-refractivity contribution in [3.8, 4) is 5.75 Å². The molecule has 0 heterocycles. The molecule has 0 fully saturated rings. The van der Waals surface area contributed by atoms with Gasteiger partial charge in [-0.3, -0.25) is 4.79 Å². The van der Waals surface area contributed by atoms with Crippen molar-refractivity contribution in [2.24, 2.45) is 5.14 Å². The quantitative estimate of drug-likeness (QED) is 0.801. The Morgan fingerprint density at radius 3 is 2.52 bits per heavy atom. The second-order valence-electron chi connectivity index (χ2n) is 5.37. The van der Waals surface area contributed by atoms with Crippen LogP contribution in [0.1, 0.15) is 11.1 Å². The Labute approximate surface area is 155 Å². The van der Waals surface area contributed by atoms with Crippen LogP contribution in [-0.2, 0) is 14.8 Å². The number of aryl methyl sites for hydroxylation is 1. The molecule has 25 heavy (non-hydrogen) atoms. The van der Waals surface area contributed by atoms with Crippen LogP contribution < -0.4 is 15.2 Å². The van der Waals surface area contributed by atoms with Crippen LogP contribution in [0.3, 0.4) is 0 Å². The van der Waals surface area contributed by atoms with Crippen LogP contribution in [0, 0.1) is 13.8 Å². The molecule has 9 heteroatoms. The SMILES string of the molecule is Cc1cc(S(N)(=O)=O)cc(NC(=O)COc2cc(Cl)ccc2Cl)c1C. The van der Waals surface area contributed by atoms with E-state index in [4.69, 9.17) is 33.1 Å². The Morgan fingerprint density at radius 2 is 1.88 bits per heavy atom. The van der Waals surface area contributed by atoms with Crippen molar-refractivity contribution in [1.29, 1.82) is 0 Å². The van der Waals surface area contributed by atoms with Crippen molar-refractivity contribution < 1.29 is 17.9 Å². The molecule has 0 atom stereocenters. The fourth-order valence-electron chi connectivity index (χ4n) is 2.04. The number of benzene rings is 2. The van der Waals surface area contributed by atoms with Gasteiger partial charge in [-0.2, -0.15) is 0 Å². The molecule has 0 aliphatic carbocycles. The second kappa shape index (κ2) is 7.61. The minimum atomic E-state index is -3.88. The Balaban J connectivity index is 2.15. The summed E-state index contributed by atoms with van der Waals surface area (Å²) in [5.41, 5.74) is 1.75. The van der Waals surface area contributed by atoms with E-state index in [0.717, 1.165) is 5.56 Å². The highest BCUT2D eigenvalue weighted by atomic mass is 35.5. The van der Waals surface area contributed by atoms with Crippen LogP contribution in [0.15, 0.2) is 35.2 Å². The second-order valence-corrected chi connectivity index (χ2v) is 7.77. The number of carbonyl (C=O) groups is 1. The zero-order valence-corrected chi connectivity index (χ0v) is 15.8. The molecule has 1 amide bonds. The Hall–Kier alpha value is -1.80. The summed E-state index contributed by atoms with van der Waals surface area (Å²) in [6.45, 7) is 3.16. The van der Waals surface area contributed by atoms with Gasteiger partial charge in [0.1, 0.15) is 5.75 Å². The third kappa shape index (κ3) is 5.09. The maximum atomic E-state index is 12.1. The number of sulfonamides is 1. The monoisotopic (exact) mass is 402 g/mol. The molecule has 0 spiro atoms. The first-order chi connectivity index (χ1) is 11.6. The van der Waals surface area contributed by atoms with E-state index in [2.05, 4.69) is 5.32 Å². The number of anilines is 1. The predicted molar refractivity (Wildman–Crippen MR) is 97.9 cm³/mol. The average molecular weight is 403 g/mol. The number of nitrogens with one attached hydrogen (secondary N) is 1. The number of rotatable bonds is 5. The lowest BCUT2D eigenvalue weighted by Crippen LogP contribution is -2.21. The van der Waals surface area contributed by atoms with Gasteiger partial charge in [-0.25, -0.2) is 13.6 Å². The molecule has 134 valence electrons. The smallest absolute Gasteiger partial charge is 0.262 e. The first kappa shape index (κ1) is 19.5. The normalized spacial score (nSPS) is 11.2. The van der Waals surface area contributed by atoms with Gasteiger partial charge in [0.15, 0.2) is 6.61 Å². The molecule has 0 unspecified atom stereocenters. The zero-order valence-electron chi connectivity index (χ0n) is 13.5. The van der Waals surface area contributed by atoms with Crippen LogP contribution in [0.2, 0.25) is 10.0 Å². The molecule has 0 saturated heterocycles. The summed E-state index contributed by atoms with van der Waals surface area (Å²) >= 11 is 11.8. The molecule has 0 bridgehead atoms. The van der Waals surface area contributed by atoms with Gasteiger partial charge in [-0.15, -0.1) is 0 Å². The van der Waals surface area contributed by atoms with Gasteiger partial charge in [0.2, 0.25) is 10.0 Å². The van der Waals surface area contributed by atoms with Crippen LogP contribution in [0.4, 0.5) is 5.69 Å². The molecule has 0 aliphatic heterocycles. The number of nitrogens with two attached hydrogens (primary N) is 1. The first-order valence-electron chi connectivity index (χ1n) is 7.09. The molecule has 0 aliphatic rings. The molecular weight excluding hydrogens is 387 g/mol. The highest BCUT2D eigenvalue weighted by Gasteiger charge is 2.15. The number of ether oxygens (including phenoxy) is 1. The van der Waals surface area contributed by atoms with Gasteiger partial charge in [-0.1, -0.05) is 23.2 Å². The lowest BCUT2D eigenvalue weighted by Gasteiger charge is -2.13. The molecule has 3 N–H and O–H groups in total. The van der Waals surface area contributed by atoms with Crippen molar-refractivity contribution in [2.45, 2.75) is 18.7 Å². The van der Waals surface area contributed by atoms with Crippen LogP contribution in [-0.4, -0.2) is 20.9 Å². The minimum Gasteiger partial charge on any atom is -0.482 e. The topological polar surface area (TPSA) is 98.5 Å². The Morgan fingerprint density at radius 1 is 1.20 bits per heavy atom. The third-order valence-corrected chi connectivity index (χ3v) is 4.94. The summed E-state index contributed by atoms with van der Waals surface area (Å²) in [4.78, 5) is 12.0. The van der Waals surface area contributed by atoms with Gasteiger partial charge >= 0.3 is 0 Å². The van der Waals surface area contributed by atoms with E-state index in [0.29, 0.717) is 21.3 Å². The third-order valence-electron chi connectivity index (χ3n) is 3.50. The number of amides is 1. The first-order valence-corrected chi connectivity index (χ1v) is 9.40. The van der Waals surface area contributed by atoms with Crippen molar-refractivity contribution in [1.82, 2.24) is 0 Å². The molecule has 2 aromatic carbocycles. The number of halogens is 2. The zero-order chi connectivity index (χ0) is 18.8. The number of primary sulfonamides is 1. The molecule has 2 aromatic rings. The summed E-state index contributed by atoms with van der Waals surface area (Å²) in [5.74, 6) is -0.208. The highest BCUT2D eigenvalue weighted by molar-refractivity contribution is 7.89. The van der Waals surface area contributed by atoms with Crippen molar-refractivity contribution >= 4 is 44.8 Å². The van der Waals surface area contributed by atoms with Gasteiger partial charge in [-0.05, 0) is 49.2 Å². The van der Waals surface area contributed by atoms with Crippen molar-refractivity contribution in [2.75, 3.05) is 11.9 Å². The molecule has 0 radical (unpaired) electrons. The largest absolute Gasteiger partial charge is 0.482 e. The minimum absolute atomic E-state index is 0.0790. The van der Waals surface area contributed by atoms with Crippen LogP contribution >= 0.6 is 23.2 Å². The standard InChI is InChI=1S/C16H16Cl2N2O4S/c1-9-5-12(25(19,22)23)7-14(10(9)2)20-16(21)8-24-15-6-11(17)3-4-13(15)18/h3-7H,8H2,1-2H3,(H,20,21)(H2,19,22,23). The average Bonchev–Trinajstić information content (AvgIpc) is 2.51. The van der Waals surface area contributed by atoms with E-state index in [1.807, 2.05) is 0 Å². The van der Waals surface area contributed by atoms with Crippen LogP contribution in [0.25, 0.3) is 0 Å². The van der Waals surface area contributed by atoms with E-state index in [1.54, 1.807) is 26.0 Å². The van der Waals surface area contributed by atoms with E-state index < -0.39 is 15.9 Å². The van der Waals surface area contributed by atoms with E-state index >= 15 is 0 Å². The molecule has 0 saturated carbocycles. The summed E-state index contributed by atoms with van der Waals surface area (Å²) < 4.78 is 28.4. The fourth-order valence-corrected chi connectivity index (χ4v) is 3.00. The van der Waals surface area contributed by atoms with E-state index in [9.17, 15) is 13.2 Å². The number of carbonyl (C=O) groups excluding carboxylic acids is 1. The van der Waals surface area contributed by atoms with Gasteiger partial charge in [0.25, 0.3) is 5.91 Å². The van der Waals surface area contributed by atoms with Gasteiger partial charge in [0.05, 0.1) is 9.92 Å². The van der Waals surface area contributed by atoms with E-state index in [-0.39, 0.29) is 17.3 Å². The molecule has 6 nitrogen and oxygen atoms in total. The summed E-state index contributed by atoms with van der Waals surface area (Å²) in [6.07, 6.45) is 0. The van der Waals surface area contributed by atoms with Crippen LogP contribution in [0.5, 0.6) is 5.75 Å². The Bertz CT molecular complexity index is 930. The fraction of sp³-hybridized carbons (Fsp3) is 0.188. The van der Waals surface area contributed by atoms with E-state index in [1.165, 1.54) is 18.2 Å². The molecule has 2 rings (SSSR count). The maximum Gasteiger partial charge on any atom is 0.262 e. The highest BCUT2D eigenvalue weighted by Crippen LogP contribution is 2.28. The predicted octanol–water partition coefficient (Wildman–Crippen LogP) is 3.28. The summed E-state index contributed by atoms with van der Waals surface area (Å²) in [5, 5.41) is 8.50. The molecule has 0 aromatic heterocycles. The lowest BCUT2D eigenvalue weighted by molar-refractivity contribution is -0.118. The van der Waals surface area contributed by atoms with Gasteiger partial charge < -0.3 is 10.1 Å². The summed E-state index contributed by atoms with van der Waals surface area (Å²) in [6, 6.07) is 7.40. The number of hydrogen-bond donors (Lipinski definition) is 2. The molecular formula is C16H16Cl2N2O4S. The lowest BCUT2D eigenvalue weighted by atomic mass is 10.1. The summed E-state index contributed by atoms with van der Waals surface area (Å²) in [7, 11) is -3.88. The van der Waals surface area contributed by atoms with Crippen molar-refractivity contribution in [3.63, 3.8) is 0 Å². The van der Waals surface area contributed by atoms with Crippen molar-refractivity contribution in [3.05, 3.63) is 51.5 Å². The van der Waals surface area contributed by atoms with Gasteiger partial charge in [0, 0.05) is 16.8 Å². The Kier molecular flexibility index (Phi) is 5.95. The maximum absolute atomic E-state index is 12.1.